The Morgan fingerprint density at radius 2 is 1.70 bits per heavy atom. The molecule has 2 aliphatic rings. The number of aliphatic hydroxyl groups excluding tert-OH is 1. The largest absolute Gasteiger partial charge is 0.493 e. The molecule has 4 rings (SSSR count). The number of carbonyl (C=O) groups excluding carboxylic acids is 1. The van der Waals surface area contributed by atoms with Crippen molar-refractivity contribution in [3.63, 3.8) is 0 Å². The van der Waals surface area contributed by atoms with Crippen molar-refractivity contribution < 1.29 is 38.3 Å². The normalized spacial score (nSPS) is 20.6. The third kappa shape index (κ3) is 3.59. The van der Waals surface area contributed by atoms with Crippen LogP contribution in [0, 0.1) is 11.8 Å². The van der Waals surface area contributed by atoms with Gasteiger partial charge in [0.15, 0.2) is 23.0 Å². The lowest BCUT2D eigenvalue weighted by Gasteiger charge is -2.23. The van der Waals surface area contributed by atoms with Crippen LogP contribution in [0.15, 0.2) is 30.3 Å². The van der Waals surface area contributed by atoms with Crippen molar-refractivity contribution in [3.05, 3.63) is 41.5 Å². The van der Waals surface area contributed by atoms with Gasteiger partial charge >= 0.3 is 5.97 Å². The molecule has 0 unspecified atom stereocenters. The van der Waals surface area contributed by atoms with Gasteiger partial charge in [0.25, 0.3) is 0 Å². The van der Waals surface area contributed by atoms with Crippen LogP contribution in [-0.4, -0.2) is 45.8 Å². The minimum atomic E-state index is -1.09. The molecule has 2 aliphatic heterocycles. The van der Waals surface area contributed by atoms with Crippen LogP contribution in [0.5, 0.6) is 28.7 Å². The van der Waals surface area contributed by atoms with Crippen LogP contribution in [0.3, 0.4) is 0 Å². The van der Waals surface area contributed by atoms with Gasteiger partial charge in [-0.15, -0.1) is 0 Å². The summed E-state index contributed by atoms with van der Waals surface area (Å²) in [7, 11) is 4.51. The van der Waals surface area contributed by atoms with Crippen LogP contribution in [0.25, 0.3) is 0 Å². The van der Waals surface area contributed by atoms with Gasteiger partial charge in [0, 0.05) is 5.92 Å². The fraction of sp³-hybridized carbons (Fsp3) is 0.409. The molecule has 2 aromatic rings. The minimum Gasteiger partial charge on any atom is -0.493 e. The quantitative estimate of drug-likeness (QED) is 0.689. The Morgan fingerprint density at radius 1 is 1.00 bits per heavy atom. The van der Waals surface area contributed by atoms with Gasteiger partial charge in [-0.2, -0.15) is 0 Å². The first-order chi connectivity index (χ1) is 14.5. The van der Waals surface area contributed by atoms with Crippen LogP contribution < -0.4 is 23.7 Å². The predicted octanol–water partition coefficient (Wildman–Crippen LogP) is 2.51. The maximum Gasteiger partial charge on any atom is 0.312 e. The summed E-state index contributed by atoms with van der Waals surface area (Å²) >= 11 is 0. The highest BCUT2D eigenvalue weighted by atomic mass is 16.7. The van der Waals surface area contributed by atoms with Gasteiger partial charge < -0.3 is 33.5 Å². The van der Waals surface area contributed by atoms with E-state index in [2.05, 4.69) is 0 Å². The summed E-state index contributed by atoms with van der Waals surface area (Å²) in [5, 5.41) is 11.1. The third-order valence-corrected chi connectivity index (χ3v) is 5.52. The van der Waals surface area contributed by atoms with Crippen molar-refractivity contribution in [2.75, 3.05) is 34.7 Å². The second-order valence-electron chi connectivity index (χ2n) is 7.21. The molecule has 8 nitrogen and oxygen atoms in total. The molecule has 2 heterocycles. The molecule has 0 amide bonds. The number of carbonyl (C=O) groups is 1. The summed E-state index contributed by atoms with van der Waals surface area (Å²) in [6.45, 7) is 0.436. The molecule has 0 aromatic heterocycles. The van der Waals surface area contributed by atoms with Crippen LogP contribution in [-0.2, 0) is 16.0 Å². The first-order valence-corrected chi connectivity index (χ1v) is 9.58. The van der Waals surface area contributed by atoms with Gasteiger partial charge in [-0.05, 0) is 41.8 Å². The number of rotatable bonds is 7. The maximum atomic E-state index is 12.5. The van der Waals surface area contributed by atoms with E-state index in [9.17, 15) is 9.90 Å². The zero-order valence-corrected chi connectivity index (χ0v) is 17.0. The summed E-state index contributed by atoms with van der Waals surface area (Å²) in [5.41, 5.74) is 1.47. The van der Waals surface area contributed by atoms with Gasteiger partial charge in [0.05, 0.1) is 40.0 Å². The molecule has 0 bridgehead atoms. The van der Waals surface area contributed by atoms with Crippen LogP contribution in [0.1, 0.15) is 17.2 Å². The fourth-order valence-corrected chi connectivity index (χ4v) is 4.00. The predicted molar refractivity (Wildman–Crippen MR) is 105 cm³/mol. The molecule has 1 N–H and O–H groups in total. The molecule has 0 radical (unpaired) electrons. The number of aliphatic hydroxyl groups is 1. The average Bonchev–Trinajstić information content (AvgIpc) is 3.38. The number of benzene rings is 2. The van der Waals surface area contributed by atoms with E-state index in [1.165, 1.54) is 21.3 Å². The number of fused-ring (bicyclic) bond motifs is 1. The van der Waals surface area contributed by atoms with Crippen molar-refractivity contribution in [3.8, 4) is 28.7 Å². The van der Waals surface area contributed by atoms with E-state index in [1.807, 2.05) is 18.2 Å². The Kier molecular flexibility index (Phi) is 5.59. The second kappa shape index (κ2) is 8.31. The van der Waals surface area contributed by atoms with E-state index in [1.54, 1.807) is 12.1 Å². The average molecular weight is 416 g/mol. The van der Waals surface area contributed by atoms with E-state index in [0.29, 0.717) is 40.7 Å². The van der Waals surface area contributed by atoms with Crippen molar-refractivity contribution in [2.24, 2.45) is 11.8 Å². The highest BCUT2D eigenvalue weighted by Gasteiger charge is 2.43. The molecule has 8 heteroatoms. The molecule has 0 aliphatic carbocycles. The number of ether oxygens (including phenoxy) is 6. The van der Waals surface area contributed by atoms with Crippen molar-refractivity contribution in [1.82, 2.24) is 0 Å². The van der Waals surface area contributed by atoms with Gasteiger partial charge in [-0.25, -0.2) is 0 Å². The zero-order chi connectivity index (χ0) is 21.3. The smallest absolute Gasteiger partial charge is 0.312 e. The van der Waals surface area contributed by atoms with E-state index in [4.69, 9.17) is 28.4 Å². The van der Waals surface area contributed by atoms with E-state index >= 15 is 0 Å². The lowest BCUT2D eigenvalue weighted by atomic mass is 9.83. The SMILES string of the molecule is COc1cc([C@@H](O)[C@@H]2C(=O)OC[C@H]2Cc2ccc3c(c2)OCO3)cc(OC)c1OC. The first-order valence-electron chi connectivity index (χ1n) is 9.58. The van der Waals surface area contributed by atoms with Crippen molar-refractivity contribution >= 4 is 5.97 Å². The highest BCUT2D eigenvalue weighted by molar-refractivity contribution is 5.76. The van der Waals surface area contributed by atoms with E-state index < -0.39 is 18.0 Å². The molecule has 0 spiro atoms. The Hall–Kier alpha value is -3.13. The number of cyclic esters (lactones) is 1. The monoisotopic (exact) mass is 416 g/mol. The summed E-state index contributed by atoms with van der Waals surface area (Å²) < 4.78 is 32.1. The van der Waals surface area contributed by atoms with Gasteiger partial charge in [0.2, 0.25) is 12.5 Å². The maximum absolute atomic E-state index is 12.5. The molecular formula is C22H24O8. The number of esters is 1. The Balaban J connectivity index is 1.60. The molecule has 3 atom stereocenters. The summed E-state index contributed by atoms with van der Waals surface area (Å²) in [6, 6.07) is 8.97. The molecule has 160 valence electrons. The van der Waals surface area contributed by atoms with Gasteiger partial charge in [-0.3, -0.25) is 4.79 Å². The van der Waals surface area contributed by atoms with Crippen LogP contribution in [0.4, 0.5) is 0 Å². The van der Waals surface area contributed by atoms with Crippen LogP contribution >= 0.6 is 0 Å². The summed E-state index contributed by atoms with van der Waals surface area (Å²) in [5.74, 6) is 1.26. The topological polar surface area (TPSA) is 92.7 Å². The van der Waals surface area contributed by atoms with Gasteiger partial charge in [0.1, 0.15) is 0 Å². The summed E-state index contributed by atoms with van der Waals surface area (Å²) in [4.78, 5) is 12.5. The lowest BCUT2D eigenvalue weighted by molar-refractivity contribution is -0.144. The number of hydrogen-bond donors (Lipinski definition) is 1. The molecule has 2 aromatic carbocycles. The Bertz CT molecular complexity index is 916. The third-order valence-electron chi connectivity index (χ3n) is 5.52. The number of hydrogen-bond acceptors (Lipinski definition) is 8. The molecule has 1 saturated heterocycles. The van der Waals surface area contributed by atoms with Crippen molar-refractivity contribution in [2.45, 2.75) is 12.5 Å². The second-order valence-corrected chi connectivity index (χ2v) is 7.21. The fourth-order valence-electron chi connectivity index (χ4n) is 4.00. The molecular weight excluding hydrogens is 392 g/mol. The Morgan fingerprint density at radius 3 is 2.37 bits per heavy atom. The first kappa shape index (κ1) is 20.2. The lowest BCUT2D eigenvalue weighted by Crippen LogP contribution is -2.25. The van der Waals surface area contributed by atoms with Gasteiger partial charge in [-0.1, -0.05) is 6.07 Å². The summed E-state index contributed by atoms with van der Waals surface area (Å²) in [6.07, 6.45) is -0.540. The number of methoxy groups -OCH3 is 3. The van der Waals surface area contributed by atoms with E-state index in [0.717, 1.165) is 5.56 Å². The highest BCUT2D eigenvalue weighted by Crippen LogP contribution is 2.43. The molecule has 30 heavy (non-hydrogen) atoms. The van der Waals surface area contributed by atoms with Crippen molar-refractivity contribution in [1.29, 1.82) is 0 Å². The molecule has 1 fully saturated rings. The van der Waals surface area contributed by atoms with Crippen LogP contribution in [0.2, 0.25) is 0 Å². The Labute approximate surface area is 174 Å². The zero-order valence-electron chi connectivity index (χ0n) is 17.0. The van der Waals surface area contributed by atoms with E-state index in [-0.39, 0.29) is 19.3 Å². The standard InChI is InChI=1S/C22H24O8/c1-25-17-8-13(9-18(26-2)21(17)27-3)20(23)19-14(10-28-22(19)24)6-12-4-5-15-16(7-12)30-11-29-15/h4-5,7-9,14,19-20,23H,6,10-11H2,1-3H3/t14-,19-,20-/m1/s1. The molecule has 0 saturated carbocycles. The minimum absolute atomic E-state index is 0.201.